The van der Waals surface area contributed by atoms with E-state index in [2.05, 4.69) is 20.7 Å². The van der Waals surface area contributed by atoms with Crippen molar-refractivity contribution < 1.29 is 9.53 Å². The molecule has 4 heteroatoms. The zero-order valence-electron chi connectivity index (χ0n) is 8.74. The van der Waals surface area contributed by atoms with Crippen LogP contribution in [0.2, 0.25) is 0 Å². The van der Waals surface area contributed by atoms with Gasteiger partial charge in [-0.3, -0.25) is 0 Å². The third kappa shape index (κ3) is 3.21. The largest absolute Gasteiger partial charge is 0.465 e. The highest BCUT2D eigenvalue weighted by Crippen LogP contribution is 2.20. The second-order valence-corrected chi connectivity index (χ2v) is 3.85. The Morgan fingerprint density at radius 3 is 2.94 bits per heavy atom. The number of ether oxygens (including phenoxy) is 1. The third-order valence-electron chi connectivity index (χ3n) is 1.93. The molecule has 3 nitrogen and oxygen atoms in total. The van der Waals surface area contributed by atoms with Gasteiger partial charge >= 0.3 is 5.97 Å². The first-order chi connectivity index (χ1) is 7.69. The number of nitriles is 1. The van der Waals surface area contributed by atoms with Crippen molar-refractivity contribution in [2.24, 2.45) is 0 Å². The molecule has 0 atom stereocenters. The van der Waals surface area contributed by atoms with Gasteiger partial charge < -0.3 is 4.74 Å². The van der Waals surface area contributed by atoms with Gasteiger partial charge in [0.1, 0.15) is 0 Å². The van der Waals surface area contributed by atoms with Crippen LogP contribution in [0.15, 0.2) is 28.7 Å². The van der Waals surface area contributed by atoms with Crippen molar-refractivity contribution in [3.8, 4) is 6.07 Å². The summed E-state index contributed by atoms with van der Waals surface area (Å²) in [7, 11) is 1.34. The summed E-state index contributed by atoms with van der Waals surface area (Å²) in [6, 6.07) is 7.19. The predicted molar refractivity (Wildman–Crippen MR) is 64.7 cm³/mol. The van der Waals surface area contributed by atoms with Crippen molar-refractivity contribution in [2.75, 3.05) is 7.11 Å². The number of hydrogen-bond donors (Lipinski definition) is 0. The lowest BCUT2D eigenvalue weighted by molar-refractivity contribution is 0.0600. The standard InChI is InChI=1S/C12H10BrNO2/c1-16-12(15)10-6-5-9(11(13)8-10)4-2-3-7-14/h2,4-6,8H,3H2,1H3. The molecule has 0 aliphatic heterocycles. The maximum atomic E-state index is 11.2. The second kappa shape index (κ2) is 6.09. The topological polar surface area (TPSA) is 50.1 Å². The van der Waals surface area contributed by atoms with Crippen LogP contribution in [0.1, 0.15) is 22.3 Å². The fraction of sp³-hybridized carbons (Fsp3) is 0.167. The lowest BCUT2D eigenvalue weighted by Gasteiger charge is -2.02. The van der Waals surface area contributed by atoms with Gasteiger partial charge in [-0.25, -0.2) is 4.79 Å². The first-order valence-electron chi connectivity index (χ1n) is 4.60. The minimum atomic E-state index is -0.367. The Morgan fingerprint density at radius 1 is 1.62 bits per heavy atom. The Kier molecular flexibility index (Phi) is 4.74. The molecule has 0 heterocycles. The maximum Gasteiger partial charge on any atom is 0.337 e. The minimum absolute atomic E-state index is 0.366. The Hall–Kier alpha value is -1.60. The molecule has 0 fully saturated rings. The van der Waals surface area contributed by atoms with Gasteiger partial charge in [0.15, 0.2) is 0 Å². The fourth-order valence-corrected chi connectivity index (χ4v) is 1.66. The van der Waals surface area contributed by atoms with Crippen molar-refractivity contribution in [3.05, 3.63) is 39.9 Å². The van der Waals surface area contributed by atoms with Gasteiger partial charge in [-0.1, -0.05) is 34.1 Å². The van der Waals surface area contributed by atoms with E-state index in [0.717, 1.165) is 10.0 Å². The first kappa shape index (κ1) is 12.5. The quantitative estimate of drug-likeness (QED) is 0.799. The van der Waals surface area contributed by atoms with E-state index in [1.54, 1.807) is 24.3 Å². The van der Waals surface area contributed by atoms with E-state index in [4.69, 9.17) is 5.26 Å². The van der Waals surface area contributed by atoms with Gasteiger partial charge in [-0.2, -0.15) is 5.26 Å². The molecule has 0 unspecified atom stereocenters. The van der Waals surface area contributed by atoms with Gasteiger partial charge in [0, 0.05) is 4.47 Å². The molecule has 0 radical (unpaired) electrons. The number of rotatable bonds is 3. The second-order valence-electron chi connectivity index (χ2n) is 2.99. The molecule has 1 aromatic carbocycles. The number of allylic oxidation sites excluding steroid dienone is 1. The van der Waals surface area contributed by atoms with Crippen LogP contribution in [-0.2, 0) is 4.74 Å². The van der Waals surface area contributed by atoms with Crippen LogP contribution in [0.4, 0.5) is 0 Å². The van der Waals surface area contributed by atoms with E-state index in [1.165, 1.54) is 7.11 Å². The minimum Gasteiger partial charge on any atom is -0.465 e. The number of halogens is 1. The molecule has 16 heavy (non-hydrogen) atoms. The maximum absolute atomic E-state index is 11.2. The van der Waals surface area contributed by atoms with E-state index in [9.17, 15) is 4.79 Å². The van der Waals surface area contributed by atoms with E-state index < -0.39 is 0 Å². The molecule has 0 bridgehead atoms. The van der Waals surface area contributed by atoms with Crippen molar-refractivity contribution in [1.82, 2.24) is 0 Å². The molecule has 0 aromatic heterocycles. The third-order valence-corrected chi connectivity index (χ3v) is 2.61. The monoisotopic (exact) mass is 279 g/mol. The molecule has 0 aliphatic carbocycles. The normalized spacial score (nSPS) is 10.1. The number of methoxy groups -OCH3 is 1. The predicted octanol–water partition coefficient (Wildman–Crippen LogP) is 3.16. The van der Waals surface area contributed by atoms with Gasteiger partial charge in [0.2, 0.25) is 0 Å². The molecule has 82 valence electrons. The SMILES string of the molecule is COC(=O)c1ccc(C=CCC#N)c(Br)c1. The highest BCUT2D eigenvalue weighted by atomic mass is 79.9. The zero-order chi connectivity index (χ0) is 12.0. The van der Waals surface area contributed by atoms with Gasteiger partial charge in [0.05, 0.1) is 25.2 Å². The highest BCUT2D eigenvalue weighted by molar-refractivity contribution is 9.10. The number of esters is 1. The van der Waals surface area contributed by atoms with E-state index in [0.29, 0.717) is 12.0 Å². The number of carbonyl (C=O) groups is 1. The van der Waals surface area contributed by atoms with Crippen LogP contribution < -0.4 is 0 Å². The van der Waals surface area contributed by atoms with Crippen LogP contribution in [0, 0.1) is 11.3 Å². The van der Waals surface area contributed by atoms with E-state index >= 15 is 0 Å². The van der Waals surface area contributed by atoms with Gasteiger partial charge in [0.25, 0.3) is 0 Å². The molecule has 0 saturated heterocycles. The summed E-state index contributed by atoms with van der Waals surface area (Å²) in [4.78, 5) is 11.2. The van der Waals surface area contributed by atoms with Gasteiger partial charge in [-0.05, 0) is 17.7 Å². The summed E-state index contributed by atoms with van der Waals surface area (Å²) < 4.78 is 5.40. The van der Waals surface area contributed by atoms with Crippen molar-refractivity contribution in [1.29, 1.82) is 5.26 Å². The summed E-state index contributed by atoms with van der Waals surface area (Å²) in [6.45, 7) is 0. The summed E-state index contributed by atoms with van der Waals surface area (Å²) in [5.74, 6) is -0.367. The molecular weight excluding hydrogens is 270 g/mol. The lowest BCUT2D eigenvalue weighted by atomic mass is 10.1. The van der Waals surface area contributed by atoms with Crippen molar-refractivity contribution in [3.63, 3.8) is 0 Å². The number of nitrogens with zero attached hydrogens (tertiary/aromatic N) is 1. The number of hydrogen-bond acceptors (Lipinski definition) is 3. The van der Waals surface area contributed by atoms with Crippen molar-refractivity contribution in [2.45, 2.75) is 6.42 Å². The Balaban J connectivity index is 2.92. The molecule has 0 saturated carbocycles. The first-order valence-corrected chi connectivity index (χ1v) is 5.39. The van der Waals surface area contributed by atoms with Crippen LogP contribution >= 0.6 is 15.9 Å². The molecule has 1 aromatic rings. The molecule has 1 rings (SSSR count). The van der Waals surface area contributed by atoms with E-state index in [-0.39, 0.29) is 5.97 Å². The van der Waals surface area contributed by atoms with Crippen LogP contribution in [0.5, 0.6) is 0 Å². The average molecular weight is 280 g/mol. The van der Waals surface area contributed by atoms with E-state index in [1.807, 2.05) is 12.1 Å². The Bertz CT molecular complexity index is 461. The molecule has 0 N–H and O–H groups in total. The fourth-order valence-electron chi connectivity index (χ4n) is 1.15. The summed E-state index contributed by atoms with van der Waals surface area (Å²) >= 11 is 3.35. The summed E-state index contributed by atoms with van der Waals surface area (Å²) in [5, 5.41) is 8.39. The van der Waals surface area contributed by atoms with Crippen LogP contribution in [0.3, 0.4) is 0 Å². The Morgan fingerprint density at radius 2 is 2.38 bits per heavy atom. The molecule has 0 amide bonds. The van der Waals surface area contributed by atoms with Crippen molar-refractivity contribution >= 4 is 28.0 Å². The van der Waals surface area contributed by atoms with Crippen LogP contribution in [-0.4, -0.2) is 13.1 Å². The number of carbonyl (C=O) groups excluding carboxylic acids is 1. The highest BCUT2D eigenvalue weighted by Gasteiger charge is 2.06. The smallest absolute Gasteiger partial charge is 0.337 e. The van der Waals surface area contributed by atoms with Crippen LogP contribution in [0.25, 0.3) is 6.08 Å². The average Bonchev–Trinajstić information content (AvgIpc) is 2.30. The summed E-state index contributed by atoms with van der Waals surface area (Å²) in [6.07, 6.45) is 3.96. The van der Waals surface area contributed by atoms with Gasteiger partial charge in [-0.15, -0.1) is 0 Å². The summed E-state index contributed by atoms with van der Waals surface area (Å²) in [5.41, 5.74) is 1.41. The molecular formula is C12H10BrNO2. The zero-order valence-corrected chi connectivity index (χ0v) is 10.3. The molecule has 0 spiro atoms. The lowest BCUT2D eigenvalue weighted by Crippen LogP contribution is -2.00. The number of benzene rings is 1. The Labute approximate surface area is 102 Å². The molecule has 0 aliphatic rings.